The lowest BCUT2D eigenvalue weighted by molar-refractivity contribution is 0.322. The van der Waals surface area contributed by atoms with E-state index in [1.54, 1.807) is 11.8 Å². The van der Waals surface area contributed by atoms with E-state index in [0.29, 0.717) is 0 Å². The van der Waals surface area contributed by atoms with Gasteiger partial charge in [-0.3, -0.25) is 0 Å². The van der Waals surface area contributed by atoms with E-state index in [2.05, 4.69) is 29.4 Å². The van der Waals surface area contributed by atoms with E-state index >= 15 is 0 Å². The monoisotopic (exact) mass is 207 g/mol. The van der Waals surface area contributed by atoms with Crippen LogP contribution in [0.15, 0.2) is 30.5 Å². The van der Waals surface area contributed by atoms with E-state index in [9.17, 15) is 0 Å². The van der Waals surface area contributed by atoms with E-state index in [4.69, 9.17) is 5.11 Å². The Balaban J connectivity index is 2.17. The second-order valence-corrected chi connectivity index (χ2v) is 4.24. The molecule has 0 aliphatic carbocycles. The highest BCUT2D eigenvalue weighted by molar-refractivity contribution is 7.98. The summed E-state index contributed by atoms with van der Waals surface area (Å²) in [6.45, 7) is 0.257. The first kappa shape index (κ1) is 9.62. The lowest BCUT2D eigenvalue weighted by Crippen LogP contribution is -1.86. The maximum atomic E-state index is 8.68. The average Bonchev–Trinajstić information content (AvgIpc) is 2.63. The Morgan fingerprint density at radius 1 is 1.29 bits per heavy atom. The molecule has 1 aromatic carbocycles. The summed E-state index contributed by atoms with van der Waals surface area (Å²) in [5, 5.41) is 9.97. The number of aliphatic hydroxyl groups is 1. The Bertz CT molecular complexity index is 410. The van der Waals surface area contributed by atoms with Crippen LogP contribution < -0.4 is 0 Å². The van der Waals surface area contributed by atoms with Crippen molar-refractivity contribution in [3.63, 3.8) is 0 Å². The van der Waals surface area contributed by atoms with Gasteiger partial charge < -0.3 is 10.1 Å². The SMILES string of the molecule is OCCSCc1c[nH]c2ccccc12. The molecule has 0 aliphatic heterocycles. The summed E-state index contributed by atoms with van der Waals surface area (Å²) in [4.78, 5) is 3.24. The van der Waals surface area contributed by atoms with Crippen molar-refractivity contribution in [2.75, 3.05) is 12.4 Å². The molecule has 0 unspecified atom stereocenters. The van der Waals surface area contributed by atoms with Crippen LogP contribution in [-0.2, 0) is 5.75 Å². The number of nitrogens with one attached hydrogen (secondary N) is 1. The highest BCUT2D eigenvalue weighted by Gasteiger charge is 2.01. The zero-order valence-electron chi connectivity index (χ0n) is 7.86. The minimum Gasteiger partial charge on any atom is -0.396 e. The van der Waals surface area contributed by atoms with Gasteiger partial charge >= 0.3 is 0 Å². The number of thioether (sulfide) groups is 1. The van der Waals surface area contributed by atoms with Crippen molar-refractivity contribution >= 4 is 22.7 Å². The highest BCUT2D eigenvalue weighted by Crippen LogP contribution is 2.21. The van der Waals surface area contributed by atoms with Crippen LogP contribution in [0.25, 0.3) is 10.9 Å². The predicted octanol–water partition coefficient (Wildman–Crippen LogP) is 2.39. The molecule has 0 amide bonds. The minimum absolute atomic E-state index is 0.257. The molecule has 0 bridgehead atoms. The fraction of sp³-hybridized carbons (Fsp3) is 0.273. The molecule has 0 saturated heterocycles. The van der Waals surface area contributed by atoms with Gasteiger partial charge in [0.2, 0.25) is 0 Å². The van der Waals surface area contributed by atoms with Gasteiger partial charge in [0, 0.05) is 28.6 Å². The number of hydrogen-bond donors (Lipinski definition) is 2. The molecule has 0 fully saturated rings. The number of aromatic nitrogens is 1. The van der Waals surface area contributed by atoms with Gasteiger partial charge in [-0.2, -0.15) is 11.8 Å². The van der Waals surface area contributed by atoms with Crippen molar-refractivity contribution in [1.82, 2.24) is 4.98 Å². The average molecular weight is 207 g/mol. The maximum absolute atomic E-state index is 8.68. The molecule has 0 radical (unpaired) electrons. The van der Waals surface area contributed by atoms with Crippen LogP contribution in [0.4, 0.5) is 0 Å². The van der Waals surface area contributed by atoms with E-state index in [-0.39, 0.29) is 6.61 Å². The zero-order valence-corrected chi connectivity index (χ0v) is 8.68. The fourth-order valence-electron chi connectivity index (χ4n) is 1.50. The summed E-state index contributed by atoms with van der Waals surface area (Å²) in [5.41, 5.74) is 2.51. The highest BCUT2D eigenvalue weighted by atomic mass is 32.2. The molecule has 1 heterocycles. The Labute approximate surface area is 87.3 Å². The van der Waals surface area contributed by atoms with Crippen molar-refractivity contribution in [1.29, 1.82) is 0 Å². The maximum Gasteiger partial charge on any atom is 0.0521 e. The lowest BCUT2D eigenvalue weighted by Gasteiger charge is -1.97. The van der Waals surface area contributed by atoms with Crippen LogP contribution in [0.5, 0.6) is 0 Å². The Kier molecular flexibility index (Phi) is 3.11. The van der Waals surface area contributed by atoms with Crippen LogP contribution >= 0.6 is 11.8 Å². The smallest absolute Gasteiger partial charge is 0.0521 e. The number of rotatable bonds is 4. The second-order valence-electron chi connectivity index (χ2n) is 3.14. The predicted molar refractivity (Wildman–Crippen MR) is 61.5 cm³/mol. The van der Waals surface area contributed by atoms with Gasteiger partial charge in [-0.05, 0) is 11.6 Å². The molecule has 2 N–H and O–H groups in total. The third-order valence-electron chi connectivity index (χ3n) is 2.17. The van der Waals surface area contributed by atoms with Crippen molar-refractivity contribution in [2.45, 2.75) is 5.75 Å². The van der Waals surface area contributed by atoms with Crippen molar-refractivity contribution in [2.24, 2.45) is 0 Å². The van der Waals surface area contributed by atoms with Crippen LogP contribution in [0, 0.1) is 0 Å². The van der Waals surface area contributed by atoms with Gasteiger partial charge in [0.25, 0.3) is 0 Å². The van der Waals surface area contributed by atoms with E-state index in [1.807, 2.05) is 6.07 Å². The molecule has 0 atom stereocenters. The van der Waals surface area contributed by atoms with Gasteiger partial charge in [0.15, 0.2) is 0 Å². The van der Waals surface area contributed by atoms with Crippen molar-refractivity contribution in [3.8, 4) is 0 Å². The van der Waals surface area contributed by atoms with Crippen LogP contribution in [-0.4, -0.2) is 22.5 Å². The number of hydrogen-bond acceptors (Lipinski definition) is 2. The Morgan fingerprint density at radius 2 is 2.14 bits per heavy atom. The summed E-state index contributed by atoms with van der Waals surface area (Å²) >= 11 is 1.76. The van der Waals surface area contributed by atoms with Gasteiger partial charge in [-0.1, -0.05) is 18.2 Å². The Morgan fingerprint density at radius 3 is 3.00 bits per heavy atom. The number of aliphatic hydroxyl groups excluding tert-OH is 1. The van der Waals surface area contributed by atoms with Gasteiger partial charge in [0.1, 0.15) is 0 Å². The molecular weight excluding hydrogens is 194 g/mol. The molecule has 0 aliphatic rings. The third-order valence-corrected chi connectivity index (χ3v) is 3.15. The molecule has 1 aromatic heterocycles. The molecule has 3 heteroatoms. The first-order valence-corrected chi connectivity index (χ1v) is 5.81. The van der Waals surface area contributed by atoms with Crippen LogP contribution in [0.1, 0.15) is 5.56 Å². The van der Waals surface area contributed by atoms with Crippen LogP contribution in [0.3, 0.4) is 0 Å². The van der Waals surface area contributed by atoms with E-state index in [0.717, 1.165) is 11.5 Å². The minimum atomic E-state index is 0.257. The van der Waals surface area contributed by atoms with Crippen LogP contribution in [0.2, 0.25) is 0 Å². The quantitative estimate of drug-likeness (QED) is 0.755. The topological polar surface area (TPSA) is 36.0 Å². The normalized spacial score (nSPS) is 10.9. The Hall–Kier alpha value is -0.930. The summed E-state index contributed by atoms with van der Waals surface area (Å²) in [5.74, 6) is 1.77. The second kappa shape index (κ2) is 4.53. The lowest BCUT2D eigenvalue weighted by atomic mass is 10.2. The van der Waals surface area contributed by atoms with Crippen molar-refractivity contribution in [3.05, 3.63) is 36.0 Å². The largest absolute Gasteiger partial charge is 0.396 e. The molecule has 74 valence electrons. The molecule has 14 heavy (non-hydrogen) atoms. The zero-order chi connectivity index (χ0) is 9.80. The number of aromatic amines is 1. The summed E-state index contributed by atoms with van der Waals surface area (Å²) in [7, 11) is 0. The van der Waals surface area contributed by atoms with Crippen molar-refractivity contribution < 1.29 is 5.11 Å². The van der Waals surface area contributed by atoms with E-state index < -0.39 is 0 Å². The number of fused-ring (bicyclic) bond motifs is 1. The first-order valence-electron chi connectivity index (χ1n) is 4.65. The van der Waals surface area contributed by atoms with Gasteiger partial charge in [-0.25, -0.2) is 0 Å². The first-order chi connectivity index (χ1) is 6.92. The summed E-state index contributed by atoms with van der Waals surface area (Å²) in [6, 6.07) is 8.29. The van der Waals surface area contributed by atoms with Gasteiger partial charge in [-0.15, -0.1) is 0 Å². The summed E-state index contributed by atoms with van der Waals surface area (Å²) in [6.07, 6.45) is 2.05. The molecular formula is C11H13NOS. The molecule has 0 saturated carbocycles. The standard InChI is InChI=1S/C11H13NOS/c13-5-6-14-8-9-7-12-11-4-2-1-3-10(9)11/h1-4,7,12-13H,5-6,8H2. The molecule has 2 rings (SSSR count). The summed E-state index contributed by atoms with van der Waals surface area (Å²) < 4.78 is 0. The molecule has 2 nitrogen and oxygen atoms in total. The number of para-hydroxylation sites is 1. The van der Waals surface area contributed by atoms with E-state index in [1.165, 1.54) is 16.5 Å². The number of H-pyrrole nitrogens is 1. The fourth-order valence-corrected chi connectivity index (χ4v) is 2.23. The number of benzene rings is 1. The molecule has 2 aromatic rings. The third kappa shape index (κ3) is 1.94. The molecule has 0 spiro atoms. The van der Waals surface area contributed by atoms with Gasteiger partial charge in [0.05, 0.1) is 6.61 Å².